The normalized spacial score (nSPS) is 11.2. The van der Waals surface area contributed by atoms with E-state index in [1.54, 1.807) is 0 Å². The van der Waals surface area contributed by atoms with Crippen LogP contribution in [-0.4, -0.2) is 18.5 Å². The largest absolute Gasteiger partial charge is 0.573 e. The lowest BCUT2D eigenvalue weighted by atomic mass is 10.1. The molecule has 0 aliphatic rings. The predicted octanol–water partition coefficient (Wildman–Crippen LogP) is 3.79. The molecule has 106 valence electrons. The third kappa shape index (κ3) is 3.37. The van der Waals surface area contributed by atoms with Crippen molar-refractivity contribution in [3.8, 4) is 22.8 Å². The lowest BCUT2D eigenvalue weighted by molar-refractivity contribution is -0.274. The average molecular weight is 287 g/mol. The Balaban J connectivity index is 2.33. The molecule has 0 spiro atoms. The second-order valence-electron chi connectivity index (χ2n) is 3.79. The van der Waals surface area contributed by atoms with Crippen LogP contribution in [0.1, 0.15) is 0 Å². The van der Waals surface area contributed by atoms with E-state index in [1.165, 1.54) is 25.4 Å². The third-order valence-electron chi connectivity index (χ3n) is 2.40. The van der Waals surface area contributed by atoms with Gasteiger partial charge in [0.1, 0.15) is 5.75 Å². The summed E-state index contributed by atoms with van der Waals surface area (Å²) in [5.41, 5.74) is 0.664. The van der Waals surface area contributed by atoms with Crippen molar-refractivity contribution in [2.45, 2.75) is 6.36 Å². The van der Waals surface area contributed by atoms with Crippen LogP contribution >= 0.6 is 0 Å². The van der Waals surface area contributed by atoms with Gasteiger partial charge >= 0.3 is 6.36 Å². The van der Waals surface area contributed by atoms with E-state index in [0.29, 0.717) is 11.1 Å². The van der Waals surface area contributed by atoms with E-state index in [4.69, 9.17) is 0 Å². The number of nitrogens with zero attached hydrogens (tertiary/aromatic N) is 1. The lowest BCUT2D eigenvalue weighted by Crippen LogP contribution is -2.17. The first-order chi connectivity index (χ1) is 9.39. The molecule has 0 aliphatic carbocycles. The second-order valence-corrected chi connectivity index (χ2v) is 3.79. The molecular formula is C13H9F4NO2. The summed E-state index contributed by atoms with van der Waals surface area (Å²) in [5, 5.41) is 0. The number of methoxy groups -OCH3 is 1. The molecule has 1 aromatic heterocycles. The number of pyridine rings is 1. The first-order valence-corrected chi connectivity index (χ1v) is 5.45. The van der Waals surface area contributed by atoms with Crippen molar-refractivity contribution in [2.75, 3.05) is 7.11 Å². The molecule has 0 N–H and O–H groups in total. The summed E-state index contributed by atoms with van der Waals surface area (Å²) in [6, 6.07) is 6.32. The van der Waals surface area contributed by atoms with E-state index in [1.807, 2.05) is 0 Å². The highest BCUT2D eigenvalue weighted by molar-refractivity contribution is 5.64. The van der Waals surface area contributed by atoms with Crippen LogP contribution in [0.3, 0.4) is 0 Å². The minimum absolute atomic E-state index is 0.184. The van der Waals surface area contributed by atoms with E-state index < -0.39 is 12.2 Å². The van der Waals surface area contributed by atoms with Crippen molar-refractivity contribution >= 4 is 0 Å². The summed E-state index contributed by atoms with van der Waals surface area (Å²) in [4.78, 5) is 3.72. The molecule has 0 fully saturated rings. The monoisotopic (exact) mass is 287 g/mol. The molecular weight excluding hydrogens is 278 g/mol. The fourth-order valence-corrected chi connectivity index (χ4v) is 1.61. The fraction of sp³-hybridized carbons (Fsp3) is 0.154. The molecule has 0 atom stereocenters. The maximum atomic E-state index is 13.5. The second kappa shape index (κ2) is 5.36. The van der Waals surface area contributed by atoms with Gasteiger partial charge in [-0.05, 0) is 23.8 Å². The Morgan fingerprint density at radius 1 is 1.10 bits per heavy atom. The fourth-order valence-electron chi connectivity index (χ4n) is 1.61. The summed E-state index contributed by atoms with van der Waals surface area (Å²) in [7, 11) is 1.27. The van der Waals surface area contributed by atoms with Crippen molar-refractivity contribution < 1.29 is 27.0 Å². The summed E-state index contributed by atoms with van der Waals surface area (Å²) in [6.45, 7) is 0. The zero-order chi connectivity index (χ0) is 14.8. The Hall–Kier alpha value is -2.31. The van der Waals surface area contributed by atoms with Crippen LogP contribution in [0.15, 0.2) is 36.5 Å². The molecule has 1 heterocycles. The zero-order valence-electron chi connectivity index (χ0n) is 10.2. The number of hydrogen-bond acceptors (Lipinski definition) is 3. The molecule has 0 bridgehead atoms. The van der Waals surface area contributed by atoms with Crippen LogP contribution in [0.25, 0.3) is 11.1 Å². The van der Waals surface area contributed by atoms with Crippen molar-refractivity contribution in [1.82, 2.24) is 4.98 Å². The molecule has 1 aromatic carbocycles. The SMILES string of the molecule is COc1ncc(-c2cccc(OC(F)(F)F)c2)cc1F. The summed E-state index contributed by atoms with van der Waals surface area (Å²) < 4.78 is 58.4. The van der Waals surface area contributed by atoms with Crippen LogP contribution in [0, 0.1) is 5.82 Å². The molecule has 2 rings (SSSR count). The number of hydrogen-bond donors (Lipinski definition) is 0. The molecule has 0 saturated heterocycles. The van der Waals surface area contributed by atoms with Crippen LogP contribution in [-0.2, 0) is 0 Å². The summed E-state index contributed by atoms with van der Waals surface area (Å²) >= 11 is 0. The van der Waals surface area contributed by atoms with E-state index >= 15 is 0 Å². The Morgan fingerprint density at radius 3 is 2.45 bits per heavy atom. The van der Waals surface area contributed by atoms with Gasteiger partial charge in [-0.2, -0.15) is 0 Å². The maximum Gasteiger partial charge on any atom is 0.573 e. The number of benzene rings is 1. The van der Waals surface area contributed by atoms with Gasteiger partial charge in [0, 0.05) is 11.8 Å². The molecule has 7 heteroatoms. The van der Waals surface area contributed by atoms with Gasteiger partial charge in [0.2, 0.25) is 5.88 Å². The number of ether oxygens (including phenoxy) is 2. The Kier molecular flexibility index (Phi) is 3.78. The van der Waals surface area contributed by atoms with Crippen LogP contribution < -0.4 is 9.47 Å². The first-order valence-electron chi connectivity index (χ1n) is 5.45. The van der Waals surface area contributed by atoms with E-state index in [2.05, 4.69) is 14.5 Å². The van der Waals surface area contributed by atoms with E-state index in [9.17, 15) is 17.6 Å². The van der Waals surface area contributed by atoms with Gasteiger partial charge in [-0.1, -0.05) is 12.1 Å². The maximum absolute atomic E-state index is 13.5. The van der Waals surface area contributed by atoms with Crippen molar-refractivity contribution in [1.29, 1.82) is 0 Å². The first kappa shape index (κ1) is 14.1. The van der Waals surface area contributed by atoms with Crippen molar-refractivity contribution in [3.63, 3.8) is 0 Å². The average Bonchev–Trinajstić information content (AvgIpc) is 2.37. The van der Waals surface area contributed by atoms with Gasteiger partial charge in [-0.3, -0.25) is 0 Å². The molecule has 2 aromatic rings. The van der Waals surface area contributed by atoms with Gasteiger partial charge in [-0.25, -0.2) is 9.37 Å². The molecule has 0 amide bonds. The minimum atomic E-state index is -4.78. The van der Waals surface area contributed by atoms with E-state index in [-0.39, 0.29) is 11.6 Å². The van der Waals surface area contributed by atoms with Crippen molar-refractivity contribution in [3.05, 3.63) is 42.3 Å². The topological polar surface area (TPSA) is 31.4 Å². The Morgan fingerprint density at radius 2 is 1.85 bits per heavy atom. The van der Waals surface area contributed by atoms with Gasteiger partial charge in [0.25, 0.3) is 0 Å². The third-order valence-corrected chi connectivity index (χ3v) is 2.40. The Labute approximate surface area is 111 Å². The number of halogens is 4. The molecule has 0 unspecified atom stereocenters. The number of rotatable bonds is 3. The summed E-state index contributed by atoms with van der Waals surface area (Å²) in [6.07, 6.45) is -3.48. The quantitative estimate of drug-likeness (QED) is 0.805. The smallest absolute Gasteiger partial charge is 0.479 e. The van der Waals surface area contributed by atoms with Crippen LogP contribution in [0.5, 0.6) is 11.6 Å². The molecule has 3 nitrogen and oxygen atoms in total. The minimum Gasteiger partial charge on any atom is -0.479 e. The standard InChI is InChI=1S/C13H9F4NO2/c1-19-12-11(14)6-9(7-18-12)8-3-2-4-10(5-8)20-13(15,16)17/h2-7H,1H3. The highest BCUT2D eigenvalue weighted by atomic mass is 19.4. The van der Waals surface area contributed by atoms with Gasteiger partial charge in [0.05, 0.1) is 7.11 Å². The molecule has 0 aliphatic heterocycles. The number of aromatic nitrogens is 1. The van der Waals surface area contributed by atoms with Gasteiger partial charge < -0.3 is 9.47 Å². The molecule has 0 saturated carbocycles. The number of alkyl halides is 3. The highest BCUT2D eigenvalue weighted by Crippen LogP contribution is 2.29. The zero-order valence-corrected chi connectivity index (χ0v) is 10.2. The lowest BCUT2D eigenvalue weighted by Gasteiger charge is -2.10. The Bertz CT molecular complexity index is 614. The van der Waals surface area contributed by atoms with Crippen LogP contribution in [0.2, 0.25) is 0 Å². The van der Waals surface area contributed by atoms with Gasteiger partial charge in [0.15, 0.2) is 5.82 Å². The van der Waals surface area contributed by atoms with E-state index in [0.717, 1.165) is 18.2 Å². The predicted molar refractivity (Wildman–Crippen MR) is 62.9 cm³/mol. The summed E-state index contributed by atoms with van der Waals surface area (Å²) in [5.74, 6) is -1.27. The molecule has 20 heavy (non-hydrogen) atoms. The van der Waals surface area contributed by atoms with Crippen LogP contribution in [0.4, 0.5) is 17.6 Å². The van der Waals surface area contributed by atoms with Gasteiger partial charge in [-0.15, -0.1) is 13.2 Å². The molecule has 0 radical (unpaired) electrons. The highest BCUT2D eigenvalue weighted by Gasteiger charge is 2.31. The van der Waals surface area contributed by atoms with Crippen molar-refractivity contribution in [2.24, 2.45) is 0 Å².